The highest BCUT2D eigenvalue weighted by atomic mass is 35.5. The quantitative estimate of drug-likeness (QED) is 0.507. The second-order valence-electron chi connectivity index (χ2n) is 7.62. The minimum Gasteiger partial charge on any atom is -0.489 e. The number of carbonyl (C=O) groups is 1. The molecule has 4 nitrogen and oxygen atoms in total. The first kappa shape index (κ1) is 23.7. The van der Waals surface area contributed by atoms with E-state index >= 15 is 0 Å². The number of piperidine rings is 1. The third kappa shape index (κ3) is 5.84. The maximum atomic E-state index is 14.0. The summed E-state index contributed by atoms with van der Waals surface area (Å²) in [5.74, 6) is -0.481. The van der Waals surface area contributed by atoms with Crippen molar-refractivity contribution in [2.45, 2.75) is 19.4 Å². The Balaban J connectivity index is 0.00000289. The molecule has 0 spiro atoms. The molecular formula is C25H25ClF2N2O2. The molecule has 168 valence electrons. The number of halogens is 3. The monoisotopic (exact) mass is 458 g/mol. The Labute approximate surface area is 192 Å². The Morgan fingerprint density at radius 1 is 0.969 bits per heavy atom. The molecule has 4 rings (SSSR count). The molecule has 2 N–H and O–H groups in total. The van der Waals surface area contributed by atoms with Gasteiger partial charge < -0.3 is 15.4 Å². The Morgan fingerprint density at radius 2 is 1.62 bits per heavy atom. The standard InChI is InChI=1S/C25H24F2N2O2.ClH/c26-22-5-2-6-23(27)24(22)18-9-7-17(8-10-18)16-31-21-4-1-3-20(15-21)29-25(30)19-11-13-28-14-12-19;/h1-10,15,19,28H,11-14,16H2,(H,29,30);1H. The summed E-state index contributed by atoms with van der Waals surface area (Å²) < 4.78 is 33.8. The van der Waals surface area contributed by atoms with Crippen LogP contribution in [0.3, 0.4) is 0 Å². The zero-order chi connectivity index (χ0) is 21.6. The van der Waals surface area contributed by atoms with Crippen molar-refractivity contribution in [3.05, 3.63) is 83.9 Å². The van der Waals surface area contributed by atoms with Gasteiger partial charge in [0.1, 0.15) is 24.0 Å². The van der Waals surface area contributed by atoms with Crippen molar-refractivity contribution >= 4 is 24.0 Å². The molecule has 0 radical (unpaired) electrons. The topological polar surface area (TPSA) is 50.4 Å². The Kier molecular flexibility index (Phi) is 8.20. The smallest absolute Gasteiger partial charge is 0.227 e. The SMILES string of the molecule is Cl.O=C(Nc1cccc(OCc2ccc(-c3c(F)cccc3F)cc2)c1)C1CCNCC1. The molecule has 1 saturated heterocycles. The zero-order valence-corrected chi connectivity index (χ0v) is 18.3. The Bertz CT molecular complexity index is 1030. The summed E-state index contributed by atoms with van der Waals surface area (Å²) in [7, 11) is 0. The predicted molar refractivity (Wildman–Crippen MR) is 124 cm³/mol. The Morgan fingerprint density at radius 3 is 2.31 bits per heavy atom. The number of carbonyl (C=O) groups excluding carboxylic acids is 1. The molecule has 1 fully saturated rings. The van der Waals surface area contributed by atoms with E-state index in [1.54, 1.807) is 30.3 Å². The summed E-state index contributed by atoms with van der Waals surface area (Å²) in [6, 6.07) is 18.0. The van der Waals surface area contributed by atoms with Gasteiger partial charge in [-0.05, 0) is 61.3 Å². The largest absolute Gasteiger partial charge is 0.489 e. The zero-order valence-electron chi connectivity index (χ0n) is 17.4. The van der Waals surface area contributed by atoms with Crippen LogP contribution in [-0.4, -0.2) is 19.0 Å². The molecule has 0 bridgehead atoms. The van der Waals surface area contributed by atoms with E-state index in [2.05, 4.69) is 10.6 Å². The van der Waals surface area contributed by atoms with Gasteiger partial charge in [0.2, 0.25) is 5.91 Å². The lowest BCUT2D eigenvalue weighted by Crippen LogP contribution is -2.34. The Hall–Kier alpha value is -2.96. The van der Waals surface area contributed by atoms with Crippen LogP contribution >= 0.6 is 12.4 Å². The number of hydrogen-bond acceptors (Lipinski definition) is 3. The van der Waals surface area contributed by atoms with Crippen molar-refractivity contribution < 1.29 is 18.3 Å². The minimum atomic E-state index is -0.590. The lowest BCUT2D eigenvalue weighted by Gasteiger charge is -2.21. The second-order valence-corrected chi connectivity index (χ2v) is 7.62. The highest BCUT2D eigenvalue weighted by molar-refractivity contribution is 5.92. The fraction of sp³-hybridized carbons (Fsp3) is 0.240. The first-order chi connectivity index (χ1) is 15.1. The van der Waals surface area contributed by atoms with Crippen LogP contribution < -0.4 is 15.4 Å². The third-order valence-corrected chi connectivity index (χ3v) is 5.42. The van der Waals surface area contributed by atoms with E-state index in [1.807, 2.05) is 18.2 Å². The van der Waals surface area contributed by atoms with Gasteiger partial charge in [0, 0.05) is 17.7 Å². The molecule has 1 aliphatic heterocycles. The molecule has 0 aromatic heterocycles. The number of anilines is 1. The summed E-state index contributed by atoms with van der Waals surface area (Å²) in [5, 5.41) is 6.22. The molecule has 7 heteroatoms. The molecular weight excluding hydrogens is 434 g/mol. The van der Waals surface area contributed by atoms with Crippen LogP contribution in [0.5, 0.6) is 5.75 Å². The van der Waals surface area contributed by atoms with Crippen molar-refractivity contribution in [2.24, 2.45) is 5.92 Å². The number of nitrogens with one attached hydrogen (secondary N) is 2. The summed E-state index contributed by atoms with van der Waals surface area (Å²) in [6.45, 7) is 2.03. The maximum absolute atomic E-state index is 14.0. The number of rotatable bonds is 6. The van der Waals surface area contributed by atoms with Crippen molar-refractivity contribution in [3.8, 4) is 16.9 Å². The average molecular weight is 459 g/mol. The molecule has 1 amide bonds. The summed E-state index contributed by atoms with van der Waals surface area (Å²) in [4.78, 5) is 12.4. The highest BCUT2D eigenvalue weighted by Gasteiger charge is 2.20. The summed E-state index contributed by atoms with van der Waals surface area (Å²) >= 11 is 0. The van der Waals surface area contributed by atoms with Crippen LogP contribution in [0.15, 0.2) is 66.7 Å². The predicted octanol–water partition coefficient (Wildman–Crippen LogP) is 5.57. The van der Waals surface area contributed by atoms with Crippen LogP contribution in [0.1, 0.15) is 18.4 Å². The number of amides is 1. The van der Waals surface area contributed by atoms with E-state index in [9.17, 15) is 13.6 Å². The highest BCUT2D eigenvalue weighted by Crippen LogP contribution is 2.27. The summed E-state index contributed by atoms with van der Waals surface area (Å²) in [5.41, 5.74) is 2.00. The van der Waals surface area contributed by atoms with Gasteiger partial charge in [-0.2, -0.15) is 0 Å². The van der Waals surface area contributed by atoms with Crippen LogP contribution in [-0.2, 0) is 11.4 Å². The van der Waals surface area contributed by atoms with E-state index in [4.69, 9.17) is 4.74 Å². The van der Waals surface area contributed by atoms with Gasteiger partial charge in [0.15, 0.2) is 0 Å². The molecule has 0 unspecified atom stereocenters. The lowest BCUT2D eigenvalue weighted by atomic mass is 9.97. The van der Waals surface area contributed by atoms with Crippen molar-refractivity contribution in [3.63, 3.8) is 0 Å². The van der Waals surface area contributed by atoms with Gasteiger partial charge in [0.25, 0.3) is 0 Å². The average Bonchev–Trinajstić information content (AvgIpc) is 2.79. The van der Waals surface area contributed by atoms with E-state index in [1.165, 1.54) is 18.2 Å². The van der Waals surface area contributed by atoms with Crippen LogP contribution in [0.25, 0.3) is 11.1 Å². The lowest BCUT2D eigenvalue weighted by molar-refractivity contribution is -0.120. The molecule has 0 saturated carbocycles. The first-order valence-electron chi connectivity index (χ1n) is 10.4. The maximum Gasteiger partial charge on any atom is 0.227 e. The van der Waals surface area contributed by atoms with E-state index in [0.717, 1.165) is 31.5 Å². The summed E-state index contributed by atoms with van der Waals surface area (Å²) in [6.07, 6.45) is 1.68. The molecule has 0 atom stereocenters. The fourth-order valence-corrected chi connectivity index (χ4v) is 3.70. The van der Waals surface area contributed by atoms with Gasteiger partial charge in [0.05, 0.1) is 5.56 Å². The molecule has 32 heavy (non-hydrogen) atoms. The van der Waals surface area contributed by atoms with Gasteiger partial charge in [-0.1, -0.05) is 36.4 Å². The molecule has 1 heterocycles. The van der Waals surface area contributed by atoms with Crippen LogP contribution in [0, 0.1) is 17.6 Å². The van der Waals surface area contributed by atoms with Crippen LogP contribution in [0.2, 0.25) is 0 Å². The molecule has 3 aromatic rings. The first-order valence-corrected chi connectivity index (χ1v) is 10.4. The van der Waals surface area contributed by atoms with Crippen molar-refractivity contribution in [1.29, 1.82) is 0 Å². The number of ether oxygens (including phenoxy) is 1. The van der Waals surface area contributed by atoms with Crippen LogP contribution in [0.4, 0.5) is 14.5 Å². The minimum absolute atomic E-state index is 0. The molecule has 0 aliphatic carbocycles. The molecule has 3 aromatic carbocycles. The van der Waals surface area contributed by atoms with E-state index < -0.39 is 11.6 Å². The van der Waals surface area contributed by atoms with Gasteiger partial charge in [-0.25, -0.2) is 8.78 Å². The van der Waals surface area contributed by atoms with E-state index in [0.29, 0.717) is 23.6 Å². The van der Waals surface area contributed by atoms with Gasteiger partial charge in [-0.3, -0.25) is 4.79 Å². The van der Waals surface area contributed by atoms with E-state index in [-0.39, 0.29) is 29.8 Å². The fourth-order valence-electron chi connectivity index (χ4n) is 3.70. The second kappa shape index (κ2) is 11.1. The van der Waals surface area contributed by atoms with Gasteiger partial charge in [-0.15, -0.1) is 12.4 Å². The third-order valence-electron chi connectivity index (χ3n) is 5.42. The normalized spacial score (nSPS) is 13.8. The number of benzene rings is 3. The number of hydrogen-bond donors (Lipinski definition) is 2. The van der Waals surface area contributed by atoms with Crippen molar-refractivity contribution in [1.82, 2.24) is 5.32 Å². The van der Waals surface area contributed by atoms with Crippen molar-refractivity contribution in [2.75, 3.05) is 18.4 Å². The van der Waals surface area contributed by atoms with Gasteiger partial charge >= 0.3 is 0 Å². The molecule has 1 aliphatic rings.